The Bertz CT molecular complexity index is 1100. The molecular formula is C17H15F3N6O2S. The van der Waals surface area contributed by atoms with Crippen molar-refractivity contribution in [3.8, 4) is 0 Å². The van der Waals surface area contributed by atoms with E-state index in [1.54, 1.807) is 12.1 Å². The van der Waals surface area contributed by atoms with Crippen molar-refractivity contribution in [2.75, 3.05) is 17.7 Å². The third-order valence-electron chi connectivity index (χ3n) is 3.70. The average Bonchev–Trinajstić information content (AvgIpc) is 2.68. The molecule has 0 aliphatic heterocycles. The average molecular weight is 424 g/mol. The van der Waals surface area contributed by atoms with Gasteiger partial charge in [0.1, 0.15) is 23.8 Å². The van der Waals surface area contributed by atoms with Gasteiger partial charge in [0, 0.05) is 18.0 Å². The van der Waals surface area contributed by atoms with Crippen molar-refractivity contribution in [1.29, 1.82) is 0 Å². The van der Waals surface area contributed by atoms with Crippen molar-refractivity contribution in [1.82, 2.24) is 19.7 Å². The van der Waals surface area contributed by atoms with E-state index >= 15 is 0 Å². The predicted molar refractivity (Wildman–Crippen MR) is 101 cm³/mol. The summed E-state index contributed by atoms with van der Waals surface area (Å²) in [5.74, 6) is 0.798. The highest BCUT2D eigenvalue weighted by Gasteiger charge is 2.30. The first-order valence-corrected chi connectivity index (χ1v) is 9.59. The van der Waals surface area contributed by atoms with Gasteiger partial charge in [0.25, 0.3) is 0 Å². The molecule has 1 aromatic carbocycles. The third kappa shape index (κ3) is 5.18. The number of anilines is 4. The molecule has 8 nitrogen and oxygen atoms in total. The van der Waals surface area contributed by atoms with Gasteiger partial charge in [-0.3, -0.25) is 0 Å². The highest BCUT2D eigenvalue weighted by molar-refractivity contribution is 7.89. The Morgan fingerprint density at radius 3 is 2.24 bits per heavy atom. The van der Waals surface area contributed by atoms with Crippen LogP contribution >= 0.6 is 0 Å². The van der Waals surface area contributed by atoms with Gasteiger partial charge in [-0.1, -0.05) is 6.07 Å². The van der Waals surface area contributed by atoms with E-state index in [1.807, 2.05) is 0 Å². The van der Waals surface area contributed by atoms with E-state index in [2.05, 4.69) is 30.3 Å². The summed E-state index contributed by atoms with van der Waals surface area (Å²) in [6.45, 7) is 0. The zero-order valence-corrected chi connectivity index (χ0v) is 15.7. The maximum atomic E-state index is 12.6. The quantitative estimate of drug-likeness (QED) is 0.557. The van der Waals surface area contributed by atoms with Gasteiger partial charge < -0.3 is 10.6 Å². The van der Waals surface area contributed by atoms with Crippen molar-refractivity contribution >= 4 is 33.2 Å². The van der Waals surface area contributed by atoms with E-state index in [9.17, 15) is 21.6 Å². The molecular weight excluding hydrogens is 409 g/mol. The second-order valence-electron chi connectivity index (χ2n) is 5.70. The topological polar surface area (TPSA) is 109 Å². The van der Waals surface area contributed by atoms with Gasteiger partial charge in [0.15, 0.2) is 0 Å². The van der Waals surface area contributed by atoms with Gasteiger partial charge in [-0.05, 0) is 37.4 Å². The number of benzene rings is 1. The van der Waals surface area contributed by atoms with E-state index < -0.39 is 21.8 Å². The van der Waals surface area contributed by atoms with Crippen molar-refractivity contribution in [2.24, 2.45) is 0 Å². The zero-order chi connectivity index (χ0) is 21.1. The molecule has 0 radical (unpaired) electrons. The molecule has 0 saturated heterocycles. The van der Waals surface area contributed by atoms with Gasteiger partial charge in [0.2, 0.25) is 10.0 Å². The van der Waals surface area contributed by atoms with Crippen LogP contribution in [0.2, 0.25) is 0 Å². The molecule has 12 heteroatoms. The Morgan fingerprint density at radius 1 is 0.897 bits per heavy atom. The maximum Gasteiger partial charge on any atom is 0.417 e. The molecule has 2 aromatic heterocycles. The fraction of sp³-hybridized carbons (Fsp3) is 0.118. The lowest BCUT2D eigenvalue weighted by molar-refractivity contribution is -0.137. The van der Waals surface area contributed by atoms with Gasteiger partial charge in [-0.15, -0.1) is 0 Å². The minimum atomic E-state index is -4.47. The summed E-state index contributed by atoms with van der Waals surface area (Å²) >= 11 is 0. The Kier molecular flexibility index (Phi) is 5.66. The van der Waals surface area contributed by atoms with Gasteiger partial charge in [-0.2, -0.15) is 13.2 Å². The fourth-order valence-electron chi connectivity index (χ4n) is 2.27. The minimum absolute atomic E-state index is 0.0753. The molecule has 0 saturated carbocycles. The fourth-order valence-corrected chi connectivity index (χ4v) is 3.04. The lowest BCUT2D eigenvalue weighted by atomic mass is 10.3. The van der Waals surface area contributed by atoms with E-state index in [0.29, 0.717) is 11.5 Å². The monoisotopic (exact) mass is 424 g/mol. The summed E-state index contributed by atoms with van der Waals surface area (Å²) in [4.78, 5) is 11.8. The summed E-state index contributed by atoms with van der Waals surface area (Å²) < 4.78 is 63.8. The minimum Gasteiger partial charge on any atom is -0.340 e. The molecule has 0 fully saturated rings. The van der Waals surface area contributed by atoms with Crippen LogP contribution < -0.4 is 15.4 Å². The zero-order valence-electron chi connectivity index (χ0n) is 14.9. The summed E-state index contributed by atoms with van der Waals surface area (Å²) in [5.41, 5.74) is -0.386. The number of nitrogens with one attached hydrogen (secondary N) is 3. The van der Waals surface area contributed by atoms with E-state index in [1.165, 1.54) is 37.6 Å². The largest absolute Gasteiger partial charge is 0.417 e. The number of aromatic nitrogens is 3. The predicted octanol–water partition coefficient (Wildman–Crippen LogP) is 3.29. The Hall–Kier alpha value is -3.25. The van der Waals surface area contributed by atoms with E-state index in [-0.39, 0.29) is 16.5 Å². The van der Waals surface area contributed by atoms with Crippen LogP contribution in [0.25, 0.3) is 0 Å². The molecule has 3 N–H and O–H groups in total. The van der Waals surface area contributed by atoms with Crippen LogP contribution in [0, 0.1) is 0 Å². The molecule has 0 atom stereocenters. The lowest BCUT2D eigenvalue weighted by Crippen LogP contribution is -2.18. The Morgan fingerprint density at radius 2 is 1.62 bits per heavy atom. The van der Waals surface area contributed by atoms with Crippen molar-refractivity contribution in [3.63, 3.8) is 0 Å². The third-order valence-corrected chi connectivity index (χ3v) is 5.11. The van der Waals surface area contributed by atoms with E-state index in [4.69, 9.17) is 0 Å². The number of rotatable bonds is 6. The Labute approximate surface area is 164 Å². The first-order chi connectivity index (χ1) is 13.7. The van der Waals surface area contributed by atoms with Crippen LogP contribution in [0.3, 0.4) is 0 Å². The number of nitrogens with zero attached hydrogens (tertiary/aromatic N) is 3. The van der Waals surface area contributed by atoms with Crippen LogP contribution in [0.15, 0.2) is 59.9 Å². The number of sulfonamides is 1. The molecule has 0 aliphatic carbocycles. The van der Waals surface area contributed by atoms with Crippen LogP contribution in [0.5, 0.6) is 0 Å². The molecule has 3 aromatic rings. The Balaban J connectivity index is 1.76. The molecule has 2 heterocycles. The van der Waals surface area contributed by atoms with Crippen molar-refractivity contribution in [2.45, 2.75) is 11.1 Å². The van der Waals surface area contributed by atoms with Crippen molar-refractivity contribution < 1.29 is 21.6 Å². The molecule has 3 rings (SSSR count). The normalized spacial score (nSPS) is 11.9. The molecule has 0 bridgehead atoms. The second-order valence-corrected chi connectivity index (χ2v) is 7.59. The van der Waals surface area contributed by atoms with Crippen LogP contribution in [0.4, 0.5) is 36.3 Å². The van der Waals surface area contributed by atoms with Gasteiger partial charge in [0.05, 0.1) is 10.5 Å². The molecule has 152 valence electrons. The first-order valence-electron chi connectivity index (χ1n) is 8.10. The summed E-state index contributed by atoms with van der Waals surface area (Å²) in [5, 5.41) is 5.72. The highest BCUT2D eigenvalue weighted by atomic mass is 32.2. The lowest BCUT2D eigenvalue weighted by Gasteiger charge is -2.10. The molecule has 0 amide bonds. The number of halogens is 3. The maximum absolute atomic E-state index is 12.6. The first kappa shape index (κ1) is 20.5. The van der Waals surface area contributed by atoms with E-state index in [0.717, 1.165) is 12.3 Å². The highest BCUT2D eigenvalue weighted by Crippen LogP contribution is 2.29. The van der Waals surface area contributed by atoms with Crippen LogP contribution in [0.1, 0.15) is 5.56 Å². The molecule has 0 unspecified atom stereocenters. The number of alkyl halides is 3. The molecule has 0 spiro atoms. The van der Waals surface area contributed by atoms with Gasteiger partial charge >= 0.3 is 6.18 Å². The SMILES string of the molecule is CNS(=O)(=O)c1cccc(Nc2cc(Nc3ccc(C(F)(F)F)cn3)ncn2)c1. The second kappa shape index (κ2) is 8.01. The number of hydrogen-bond donors (Lipinski definition) is 3. The number of pyridine rings is 1. The smallest absolute Gasteiger partial charge is 0.340 e. The van der Waals surface area contributed by atoms with Crippen LogP contribution in [-0.2, 0) is 16.2 Å². The van der Waals surface area contributed by atoms with Gasteiger partial charge in [-0.25, -0.2) is 28.1 Å². The standard InChI is InChI=1S/C17H15F3N6O2S/c1-21-29(27,28)13-4-2-3-12(7-13)25-15-8-16(24-10-23-15)26-14-6-5-11(9-22-14)17(18,19)20/h2-10,21H,1H3,(H2,22,23,24,25,26). The van der Waals surface area contributed by atoms with Crippen molar-refractivity contribution in [3.05, 3.63) is 60.6 Å². The summed E-state index contributed by atoms with van der Waals surface area (Å²) in [7, 11) is -2.29. The summed E-state index contributed by atoms with van der Waals surface area (Å²) in [6.07, 6.45) is -2.51. The molecule has 0 aliphatic rings. The van der Waals surface area contributed by atoms with Crippen LogP contribution in [-0.4, -0.2) is 30.4 Å². The molecule has 29 heavy (non-hydrogen) atoms. The summed E-state index contributed by atoms with van der Waals surface area (Å²) in [6, 6.07) is 9.69. The number of hydrogen-bond acceptors (Lipinski definition) is 7.